The number of hydrogen-bond donors (Lipinski definition) is 1. The van der Waals surface area contributed by atoms with Crippen LogP contribution in [0.15, 0.2) is 11.0 Å². The Morgan fingerprint density at radius 1 is 1.50 bits per heavy atom. The third-order valence-electron chi connectivity index (χ3n) is 3.83. The van der Waals surface area contributed by atoms with Gasteiger partial charge in [-0.25, -0.2) is 0 Å². The predicted molar refractivity (Wildman–Crippen MR) is 72.4 cm³/mol. The SMILES string of the molecule is COc1c2n(cc(OC=O)c1=O)C[C@@]1(N)OC[C@H](C)N1C2=O. The molecule has 1 aromatic heterocycles. The van der Waals surface area contributed by atoms with Gasteiger partial charge in [0.05, 0.1) is 32.5 Å². The van der Waals surface area contributed by atoms with E-state index in [0.717, 1.165) is 0 Å². The lowest BCUT2D eigenvalue weighted by Gasteiger charge is -2.40. The molecule has 0 spiro atoms. The summed E-state index contributed by atoms with van der Waals surface area (Å²) in [7, 11) is 1.27. The monoisotopic (exact) mass is 309 g/mol. The zero-order chi connectivity index (χ0) is 16.1. The number of pyridine rings is 1. The number of fused-ring (bicyclic) bond motifs is 2. The third-order valence-corrected chi connectivity index (χ3v) is 3.83. The number of ether oxygens (including phenoxy) is 3. The van der Waals surface area contributed by atoms with Gasteiger partial charge in [0.2, 0.25) is 5.85 Å². The van der Waals surface area contributed by atoms with Crippen molar-refractivity contribution in [1.82, 2.24) is 9.47 Å². The number of nitrogens with two attached hydrogens (primary N) is 1. The Morgan fingerprint density at radius 2 is 2.23 bits per heavy atom. The van der Waals surface area contributed by atoms with Gasteiger partial charge >= 0.3 is 0 Å². The van der Waals surface area contributed by atoms with Crippen molar-refractivity contribution in [1.29, 1.82) is 0 Å². The van der Waals surface area contributed by atoms with E-state index < -0.39 is 17.2 Å². The number of nitrogens with zero attached hydrogens (tertiary/aromatic N) is 2. The molecule has 0 aliphatic carbocycles. The third kappa shape index (κ3) is 1.82. The molecule has 3 heterocycles. The van der Waals surface area contributed by atoms with Gasteiger partial charge in [0.25, 0.3) is 17.8 Å². The Balaban J connectivity index is 2.23. The van der Waals surface area contributed by atoms with E-state index >= 15 is 0 Å². The average Bonchev–Trinajstić information content (AvgIpc) is 2.77. The summed E-state index contributed by atoms with van der Waals surface area (Å²) in [5.74, 6) is -2.20. The Hall–Kier alpha value is -2.39. The topological polar surface area (TPSA) is 113 Å². The summed E-state index contributed by atoms with van der Waals surface area (Å²) >= 11 is 0. The summed E-state index contributed by atoms with van der Waals surface area (Å²) in [6.07, 6.45) is 1.25. The summed E-state index contributed by atoms with van der Waals surface area (Å²) in [6.45, 7) is 2.31. The average molecular weight is 309 g/mol. The molecule has 118 valence electrons. The van der Waals surface area contributed by atoms with E-state index in [1.165, 1.54) is 22.8 Å². The first kappa shape index (κ1) is 14.5. The van der Waals surface area contributed by atoms with Crippen LogP contribution in [0, 0.1) is 0 Å². The van der Waals surface area contributed by atoms with Crippen molar-refractivity contribution < 1.29 is 23.8 Å². The molecule has 0 aromatic carbocycles. The van der Waals surface area contributed by atoms with Crippen molar-refractivity contribution >= 4 is 12.4 Å². The first-order valence-electron chi connectivity index (χ1n) is 6.61. The number of hydrogen-bond acceptors (Lipinski definition) is 7. The van der Waals surface area contributed by atoms with Crippen LogP contribution in [0.4, 0.5) is 0 Å². The second-order valence-electron chi connectivity index (χ2n) is 5.23. The summed E-state index contributed by atoms with van der Waals surface area (Å²) in [6, 6.07) is -0.225. The number of carbonyl (C=O) groups excluding carboxylic acids is 2. The van der Waals surface area contributed by atoms with E-state index in [4.69, 9.17) is 15.2 Å². The lowest BCUT2D eigenvalue weighted by molar-refractivity contribution is -0.120. The number of amides is 1. The first-order chi connectivity index (χ1) is 10.4. The Morgan fingerprint density at radius 3 is 2.86 bits per heavy atom. The Kier molecular flexibility index (Phi) is 3.18. The molecule has 0 bridgehead atoms. The van der Waals surface area contributed by atoms with Crippen LogP contribution >= 0.6 is 0 Å². The van der Waals surface area contributed by atoms with Crippen LogP contribution in [-0.2, 0) is 16.1 Å². The molecule has 3 rings (SSSR count). The van der Waals surface area contributed by atoms with Crippen LogP contribution in [0.25, 0.3) is 0 Å². The van der Waals surface area contributed by atoms with E-state index in [0.29, 0.717) is 6.61 Å². The molecule has 9 heteroatoms. The van der Waals surface area contributed by atoms with Crippen molar-refractivity contribution in [2.24, 2.45) is 5.73 Å². The number of carbonyl (C=O) groups is 2. The van der Waals surface area contributed by atoms with E-state index in [1.54, 1.807) is 6.92 Å². The molecular weight excluding hydrogens is 294 g/mol. The van der Waals surface area contributed by atoms with E-state index in [1.807, 2.05) is 0 Å². The maximum Gasteiger partial charge on any atom is 0.298 e. The predicted octanol–water partition coefficient (Wildman–Crippen LogP) is -1.12. The Labute approximate surface area is 125 Å². The van der Waals surface area contributed by atoms with Crippen molar-refractivity contribution in [2.45, 2.75) is 25.4 Å². The maximum absolute atomic E-state index is 12.7. The minimum Gasteiger partial charge on any atom is -0.490 e. The molecule has 9 nitrogen and oxygen atoms in total. The minimum atomic E-state index is -1.30. The number of methoxy groups -OCH3 is 1. The molecule has 2 N–H and O–H groups in total. The van der Waals surface area contributed by atoms with Gasteiger partial charge in [0.1, 0.15) is 0 Å². The number of rotatable bonds is 3. The highest BCUT2D eigenvalue weighted by Crippen LogP contribution is 2.34. The highest BCUT2D eigenvalue weighted by Gasteiger charge is 2.51. The van der Waals surface area contributed by atoms with Crippen LogP contribution in [0.1, 0.15) is 17.4 Å². The van der Waals surface area contributed by atoms with Crippen LogP contribution in [0.5, 0.6) is 11.5 Å². The molecule has 0 saturated carbocycles. The fourth-order valence-corrected chi connectivity index (χ4v) is 2.92. The molecule has 2 aliphatic heterocycles. The van der Waals surface area contributed by atoms with E-state index in [-0.39, 0.29) is 36.3 Å². The molecular formula is C13H15N3O6. The lowest BCUT2D eigenvalue weighted by atomic mass is 10.1. The quantitative estimate of drug-likeness (QED) is 0.703. The maximum atomic E-state index is 12.7. The second-order valence-corrected chi connectivity index (χ2v) is 5.23. The lowest BCUT2D eigenvalue weighted by Crippen LogP contribution is -2.63. The zero-order valence-corrected chi connectivity index (χ0v) is 12.1. The van der Waals surface area contributed by atoms with Gasteiger partial charge in [-0.2, -0.15) is 0 Å². The molecule has 0 radical (unpaired) electrons. The van der Waals surface area contributed by atoms with Gasteiger partial charge in [0, 0.05) is 0 Å². The molecule has 0 unspecified atom stereocenters. The molecule has 1 fully saturated rings. The second kappa shape index (κ2) is 4.82. The summed E-state index contributed by atoms with van der Waals surface area (Å²) in [5.41, 5.74) is 5.53. The van der Waals surface area contributed by atoms with Gasteiger partial charge in [-0.3, -0.25) is 25.0 Å². The van der Waals surface area contributed by atoms with Crippen molar-refractivity contribution in [3.05, 3.63) is 22.1 Å². The molecule has 1 saturated heterocycles. The van der Waals surface area contributed by atoms with Gasteiger partial charge in [-0.15, -0.1) is 0 Å². The smallest absolute Gasteiger partial charge is 0.298 e. The normalized spacial score (nSPS) is 26.4. The van der Waals surface area contributed by atoms with Gasteiger partial charge < -0.3 is 18.8 Å². The van der Waals surface area contributed by atoms with Crippen LogP contribution in [0.3, 0.4) is 0 Å². The van der Waals surface area contributed by atoms with Crippen molar-refractivity contribution in [3.8, 4) is 11.5 Å². The van der Waals surface area contributed by atoms with Crippen molar-refractivity contribution in [3.63, 3.8) is 0 Å². The van der Waals surface area contributed by atoms with Gasteiger partial charge in [-0.1, -0.05) is 0 Å². The molecule has 1 amide bonds. The fraction of sp³-hybridized carbons (Fsp3) is 0.462. The summed E-state index contributed by atoms with van der Waals surface area (Å²) in [4.78, 5) is 36.8. The van der Waals surface area contributed by atoms with Crippen molar-refractivity contribution in [2.75, 3.05) is 13.7 Å². The number of aromatic nitrogens is 1. The molecule has 2 atom stereocenters. The first-order valence-corrected chi connectivity index (χ1v) is 6.61. The Bertz CT molecular complexity index is 714. The summed E-state index contributed by atoms with van der Waals surface area (Å²) < 4.78 is 16.6. The van der Waals surface area contributed by atoms with Crippen LogP contribution < -0.4 is 20.6 Å². The highest BCUT2D eigenvalue weighted by atomic mass is 16.5. The van der Waals surface area contributed by atoms with E-state index in [9.17, 15) is 14.4 Å². The molecule has 22 heavy (non-hydrogen) atoms. The fourth-order valence-electron chi connectivity index (χ4n) is 2.92. The van der Waals surface area contributed by atoms with E-state index in [2.05, 4.69) is 4.74 Å². The van der Waals surface area contributed by atoms with Crippen LogP contribution in [0.2, 0.25) is 0 Å². The van der Waals surface area contributed by atoms with Gasteiger partial charge in [0.15, 0.2) is 17.2 Å². The summed E-state index contributed by atoms with van der Waals surface area (Å²) in [5, 5.41) is 0. The molecule has 1 aromatic rings. The highest BCUT2D eigenvalue weighted by molar-refractivity contribution is 5.97. The zero-order valence-electron chi connectivity index (χ0n) is 12.1. The standard InChI is InChI=1S/C13H15N3O6/c1-7-4-22-13(14)5-15-3-8(21-6-17)10(18)11(20-2)9(15)12(19)16(7)13/h3,6-7H,4-5,14H2,1-2H3/t7-,13-/m0/s1. The largest absolute Gasteiger partial charge is 0.490 e. The minimum absolute atomic E-state index is 0.0594. The van der Waals surface area contributed by atoms with Crippen LogP contribution in [-0.4, -0.2) is 47.5 Å². The van der Waals surface area contributed by atoms with Gasteiger partial charge in [-0.05, 0) is 6.92 Å². The molecule has 2 aliphatic rings.